The van der Waals surface area contributed by atoms with Gasteiger partial charge in [-0.05, 0) is 129 Å². The van der Waals surface area contributed by atoms with Crippen LogP contribution in [0.4, 0.5) is 5.69 Å². The number of aromatic nitrogens is 1. The second-order valence-electron chi connectivity index (χ2n) is 23.5. The minimum absolute atomic E-state index is 0.0422. The molecule has 11 rings (SSSR count). The normalized spacial score (nSPS) is 34.7. The monoisotopic (exact) mass is 983 g/mol. The van der Waals surface area contributed by atoms with Gasteiger partial charge in [-0.1, -0.05) is 99.9 Å². The Balaban J connectivity index is 1.000. The molecule has 10 atom stereocenters. The zero-order valence-electron chi connectivity index (χ0n) is 43.2. The second kappa shape index (κ2) is 18.3. The largest absolute Gasteiger partial charge is 0.467 e. The van der Waals surface area contributed by atoms with E-state index in [0.29, 0.717) is 25.8 Å². The summed E-state index contributed by atoms with van der Waals surface area (Å²) in [4.78, 5) is 39.6. The highest BCUT2D eigenvalue weighted by Gasteiger charge is 2.80. The van der Waals surface area contributed by atoms with Crippen LogP contribution in [0.2, 0.25) is 18.1 Å². The number of para-hydroxylation sites is 1. The minimum Gasteiger partial charge on any atom is -0.467 e. The van der Waals surface area contributed by atoms with Crippen LogP contribution < -0.4 is 4.90 Å². The van der Waals surface area contributed by atoms with E-state index in [0.717, 1.165) is 112 Å². The van der Waals surface area contributed by atoms with Gasteiger partial charge >= 0.3 is 11.9 Å². The van der Waals surface area contributed by atoms with Crippen LogP contribution in [0.15, 0.2) is 78.9 Å². The fourth-order valence-corrected chi connectivity index (χ4v) is 21.2. The van der Waals surface area contributed by atoms with E-state index >= 15 is 4.79 Å². The Labute approximate surface area is 422 Å². The molecule has 71 heavy (non-hydrogen) atoms. The van der Waals surface area contributed by atoms with E-state index in [1.165, 1.54) is 40.4 Å². The Morgan fingerprint density at radius 2 is 1.70 bits per heavy atom. The van der Waals surface area contributed by atoms with Gasteiger partial charge in [0.1, 0.15) is 6.61 Å². The van der Waals surface area contributed by atoms with Gasteiger partial charge in [-0.25, -0.2) is 4.79 Å². The van der Waals surface area contributed by atoms with Crippen LogP contribution in [0, 0.1) is 18.3 Å². The van der Waals surface area contributed by atoms with Gasteiger partial charge < -0.3 is 34.0 Å². The number of likely N-dealkylation sites (N-methyl/N-ethyl adjacent to an activating group) is 1. The third-order valence-electron chi connectivity index (χ3n) is 19.6. The van der Waals surface area contributed by atoms with E-state index in [-0.39, 0.29) is 24.5 Å². The van der Waals surface area contributed by atoms with Gasteiger partial charge in [-0.3, -0.25) is 14.6 Å². The van der Waals surface area contributed by atoms with Crippen LogP contribution in [-0.2, 0) is 47.3 Å². The fourth-order valence-electron chi connectivity index (χ4n) is 16.6. The first-order chi connectivity index (χ1) is 34.2. The summed E-state index contributed by atoms with van der Waals surface area (Å²) in [5.41, 5.74) is 5.00. The molecule has 4 aromatic rings. The molecule has 1 aromatic heterocycles. The first kappa shape index (κ1) is 48.9. The molecule has 380 valence electrons. The molecule has 0 radical (unpaired) electrons. The van der Waals surface area contributed by atoms with Crippen LogP contribution in [0.5, 0.6) is 0 Å². The predicted molar refractivity (Wildman–Crippen MR) is 281 cm³/mol. The highest BCUT2D eigenvalue weighted by atomic mass is 28.4. The van der Waals surface area contributed by atoms with Crippen molar-refractivity contribution in [3.05, 3.63) is 112 Å². The van der Waals surface area contributed by atoms with E-state index in [4.69, 9.17) is 13.9 Å². The number of hydrogen-bond acceptors (Lipinski definition) is 10. The van der Waals surface area contributed by atoms with E-state index in [9.17, 15) is 15.0 Å². The fraction of sp³-hybridized carbons (Fsp3) is 0.593. The molecular weight excluding hydrogens is 905 g/mol. The van der Waals surface area contributed by atoms with Gasteiger partial charge in [-0.15, -0.1) is 0 Å². The second-order valence-corrected chi connectivity index (χ2v) is 27.6. The molecule has 7 heterocycles. The Morgan fingerprint density at radius 1 is 0.930 bits per heavy atom. The number of carbonyl (C=O) groups excluding carboxylic acids is 2. The van der Waals surface area contributed by atoms with E-state index < -0.39 is 53.9 Å². The number of esters is 2. The number of nitrogens with zero attached hydrogens (tertiary/aromatic N) is 3. The number of rotatable bonds is 13. The number of piperidine rings is 1. The number of aromatic amines is 1. The molecule has 4 fully saturated rings. The van der Waals surface area contributed by atoms with Crippen molar-refractivity contribution in [2.24, 2.45) is 11.3 Å². The number of fused-ring (bicyclic) bond motifs is 6. The Morgan fingerprint density at radius 3 is 2.46 bits per heavy atom. The number of H-pyrrole nitrogens is 1. The topological polar surface area (TPSA) is 128 Å². The van der Waals surface area contributed by atoms with Gasteiger partial charge in [0, 0.05) is 84.2 Å². The summed E-state index contributed by atoms with van der Waals surface area (Å²) in [7, 11) is 0.956. The number of nitrogens with one attached hydrogen (secondary N) is 1. The number of hydrogen-bond donors (Lipinski definition) is 3. The quantitative estimate of drug-likeness (QED) is 0.0517. The lowest BCUT2D eigenvalue weighted by atomic mass is 9.47. The highest BCUT2D eigenvalue weighted by Crippen LogP contribution is 2.68. The first-order valence-corrected chi connectivity index (χ1v) is 29.7. The van der Waals surface area contributed by atoms with Crippen molar-refractivity contribution >= 4 is 36.8 Å². The van der Waals surface area contributed by atoms with Crippen LogP contribution in [-0.4, -0.2) is 122 Å². The van der Waals surface area contributed by atoms with Gasteiger partial charge in [0.2, 0.25) is 5.60 Å². The summed E-state index contributed by atoms with van der Waals surface area (Å²) < 4.78 is 19.4. The number of ether oxygens (including phenoxy) is 2. The molecule has 1 aliphatic carbocycles. The number of aliphatic hydroxyl groups is 2. The predicted octanol–water partition coefficient (Wildman–Crippen LogP) is 9.24. The first-order valence-electron chi connectivity index (χ1n) is 27.2. The molecule has 6 aliphatic heterocycles. The van der Waals surface area contributed by atoms with Crippen molar-refractivity contribution in [2.45, 2.75) is 163 Å². The standard InChI is InChI=1S/C59H78N4O7Si/c1-7-56(66)36-42-35-55(4,50-44(24-28-62(37-42)39-56)43-21-12-13-22-47(43)60-50)45-34-46-48(33-40(45)3)61(5)52-58(46)26-29-63-27-18-25-57(8-2,51(58)63)53(59(52,67)54(65)68-6)70-71(31-16-17-32-71)30-15-14-23-49(64)69-38-41-19-10-9-11-20-41/h9-13,18-22,25,33-34,42,51-53,60,66-67H,7-8,14-17,23-24,26-32,35-39H2,1-6H3/t42?,51-,52+,53+,55+,56-,57+,58+,59-/m0/s1. The van der Waals surface area contributed by atoms with Gasteiger partial charge in [0.25, 0.3) is 0 Å². The van der Waals surface area contributed by atoms with Gasteiger partial charge in [0.15, 0.2) is 8.32 Å². The average molecular weight is 983 g/mol. The summed E-state index contributed by atoms with van der Waals surface area (Å²) in [5, 5.41) is 27.5. The molecule has 7 aliphatic rings. The number of aryl methyl sites for hydroxylation is 1. The van der Waals surface area contributed by atoms with Crippen LogP contribution in [0.3, 0.4) is 0 Å². The Kier molecular flexibility index (Phi) is 12.6. The van der Waals surface area contributed by atoms with Crippen molar-refractivity contribution in [3.63, 3.8) is 0 Å². The smallest absolute Gasteiger partial charge is 0.342 e. The Hall–Kier alpha value is -4.30. The number of methoxy groups -OCH3 is 1. The highest BCUT2D eigenvalue weighted by molar-refractivity contribution is 6.74. The minimum atomic E-state index is -2.57. The van der Waals surface area contributed by atoms with Crippen LogP contribution in [0.1, 0.15) is 118 Å². The van der Waals surface area contributed by atoms with Crippen LogP contribution >= 0.6 is 0 Å². The molecule has 11 nitrogen and oxygen atoms in total. The summed E-state index contributed by atoms with van der Waals surface area (Å²) in [6.07, 6.45) is 12.5. The third kappa shape index (κ3) is 7.65. The summed E-state index contributed by atoms with van der Waals surface area (Å²) >= 11 is 0. The number of benzene rings is 3. The zero-order chi connectivity index (χ0) is 49.6. The summed E-state index contributed by atoms with van der Waals surface area (Å²) in [6.45, 7) is 13.6. The van der Waals surface area contributed by atoms with Crippen LogP contribution in [0.25, 0.3) is 10.9 Å². The van der Waals surface area contributed by atoms with E-state index in [1.54, 1.807) is 0 Å². The molecule has 12 heteroatoms. The maximum absolute atomic E-state index is 15.2. The van der Waals surface area contributed by atoms with Gasteiger partial charge in [-0.2, -0.15) is 0 Å². The molecular formula is C59H78N4O7Si. The number of anilines is 1. The number of carbonyl (C=O) groups is 2. The molecule has 0 amide bonds. The zero-order valence-corrected chi connectivity index (χ0v) is 44.2. The lowest BCUT2D eigenvalue weighted by molar-refractivity contribution is -0.214. The summed E-state index contributed by atoms with van der Waals surface area (Å²) in [5.74, 6) is -0.536. The lowest BCUT2D eigenvalue weighted by Crippen LogP contribution is -2.82. The van der Waals surface area contributed by atoms with Crippen molar-refractivity contribution in [3.8, 4) is 0 Å². The third-order valence-corrected chi connectivity index (χ3v) is 24.1. The molecule has 3 saturated heterocycles. The van der Waals surface area contributed by atoms with Crippen molar-refractivity contribution in [2.75, 3.05) is 51.8 Å². The lowest BCUT2D eigenvalue weighted by Gasteiger charge is -2.65. The van der Waals surface area contributed by atoms with Crippen molar-refractivity contribution in [1.29, 1.82) is 0 Å². The SMILES string of the molecule is CC[C@]1(O)CC2CN(CCc3c([nH]c4ccccc34)[C@@](C)(c3cc4c(cc3C)N(C)[C@H]3[C@@](O)(C(=O)OC)[C@H](O[Si]5(CCCCC(=O)OCc6ccccc6)CCCC5)[C@]5(CC)C=CCN6CC[C@]43[C@@H]65)C2)C1. The molecule has 3 N–H and O–H groups in total. The molecule has 2 unspecified atom stereocenters. The van der Waals surface area contributed by atoms with Crippen molar-refractivity contribution < 1.29 is 33.7 Å². The van der Waals surface area contributed by atoms with Gasteiger partial charge in [0.05, 0.1) is 24.9 Å². The average Bonchev–Trinajstić information content (AvgIpc) is 4.16. The number of unbranched alkanes of at least 4 members (excludes halogenated alkanes) is 1. The Bertz CT molecular complexity index is 2700. The molecule has 1 saturated carbocycles. The molecule has 1 spiro atoms. The maximum Gasteiger partial charge on any atom is 0.342 e. The molecule has 2 bridgehead atoms. The van der Waals surface area contributed by atoms with E-state index in [2.05, 4.69) is 103 Å². The van der Waals surface area contributed by atoms with E-state index in [1.807, 2.05) is 30.3 Å². The van der Waals surface area contributed by atoms with Crippen molar-refractivity contribution in [1.82, 2.24) is 14.8 Å². The summed E-state index contributed by atoms with van der Waals surface area (Å²) in [6, 6.07) is 25.6. The maximum atomic E-state index is 15.2. The molecule has 3 aromatic carbocycles.